The third kappa shape index (κ3) is 3.23. The van der Waals surface area contributed by atoms with E-state index >= 15 is 0 Å². The lowest BCUT2D eigenvalue weighted by molar-refractivity contribution is 0.0767. The predicted octanol–water partition coefficient (Wildman–Crippen LogP) is 0.197. The zero-order valence-corrected chi connectivity index (χ0v) is 14.2. The van der Waals surface area contributed by atoms with E-state index in [-0.39, 0.29) is 5.91 Å². The highest BCUT2D eigenvalue weighted by molar-refractivity contribution is 5.92. The highest BCUT2D eigenvalue weighted by atomic mass is 16.2. The van der Waals surface area contributed by atoms with Gasteiger partial charge in [-0.15, -0.1) is 0 Å². The van der Waals surface area contributed by atoms with E-state index < -0.39 is 0 Å². The summed E-state index contributed by atoms with van der Waals surface area (Å²) in [4.78, 5) is 28.4. The summed E-state index contributed by atoms with van der Waals surface area (Å²) in [5.74, 6) is 0.756. The third-order valence-electron chi connectivity index (χ3n) is 5.37. The summed E-state index contributed by atoms with van der Waals surface area (Å²) in [5.41, 5.74) is 0.535. The number of likely N-dealkylation sites (tertiary alicyclic amines) is 1. The number of nitrogens with zero attached hydrogens (tertiary/aromatic N) is 5. The van der Waals surface area contributed by atoms with Crippen LogP contribution < -0.4 is 10.2 Å². The van der Waals surface area contributed by atoms with Gasteiger partial charge in [-0.05, 0) is 25.3 Å². The Bertz CT molecular complexity index is 582. The van der Waals surface area contributed by atoms with Gasteiger partial charge in [0.05, 0.1) is 0 Å². The molecular formula is C17H26N6O. The Morgan fingerprint density at radius 3 is 2.71 bits per heavy atom. The summed E-state index contributed by atoms with van der Waals surface area (Å²) in [5, 5.41) is 3.39. The van der Waals surface area contributed by atoms with Crippen LogP contribution in [0.5, 0.6) is 0 Å². The number of nitrogens with one attached hydrogen (secondary N) is 1. The molecule has 4 rings (SSSR count). The van der Waals surface area contributed by atoms with Gasteiger partial charge in [0.2, 0.25) is 5.95 Å². The van der Waals surface area contributed by atoms with Crippen LogP contribution in [0.3, 0.4) is 0 Å². The number of hydrogen-bond donors (Lipinski definition) is 1. The summed E-state index contributed by atoms with van der Waals surface area (Å²) >= 11 is 0. The Kier molecular flexibility index (Phi) is 4.62. The second kappa shape index (κ2) is 7.03. The molecule has 0 aliphatic carbocycles. The molecule has 0 spiro atoms. The van der Waals surface area contributed by atoms with Gasteiger partial charge < -0.3 is 15.1 Å². The van der Waals surface area contributed by atoms with E-state index in [1.165, 1.54) is 12.8 Å². The van der Waals surface area contributed by atoms with Crippen LogP contribution in [-0.4, -0.2) is 84.1 Å². The predicted molar refractivity (Wildman–Crippen MR) is 92.2 cm³/mol. The van der Waals surface area contributed by atoms with Crippen LogP contribution >= 0.6 is 0 Å². The van der Waals surface area contributed by atoms with Crippen molar-refractivity contribution in [2.24, 2.45) is 0 Å². The van der Waals surface area contributed by atoms with Crippen molar-refractivity contribution in [3.8, 4) is 0 Å². The average molecular weight is 330 g/mol. The number of carbonyl (C=O) groups is 1. The number of piperazine rings is 1. The van der Waals surface area contributed by atoms with Crippen LogP contribution in [-0.2, 0) is 0 Å². The Morgan fingerprint density at radius 1 is 1.12 bits per heavy atom. The number of hydrogen-bond acceptors (Lipinski definition) is 6. The summed E-state index contributed by atoms with van der Waals surface area (Å²) in [6, 6.07) is 2.25. The van der Waals surface area contributed by atoms with Crippen molar-refractivity contribution in [2.75, 3.05) is 57.3 Å². The normalized spacial score (nSPS) is 25.4. The molecule has 1 aromatic heterocycles. The Balaban J connectivity index is 1.41. The minimum absolute atomic E-state index is 0.0514. The second-order valence-electron chi connectivity index (χ2n) is 6.92. The van der Waals surface area contributed by atoms with E-state index in [1.54, 1.807) is 12.3 Å². The van der Waals surface area contributed by atoms with Crippen LogP contribution in [0.4, 0.5) is 5.95 Å². The smallest absolute Gasteiger partial charge is 0.272 e. The lowest BCUT2D eigenvalue weighted by atomic mass is 10.2. The van der Waals surface area contributed by atoms with Gasteiger partial charge in [0.25, 0.3) is 5.91 Å². The first-order valence-corrected chi connectivity index (χ1v) is 9.13. The van der Waals surface area contributed by atoms with Crippen molar-refractivity contribution in [2.45, 2.75) is 25.3 Å². The number of rotatable bonds is 3. The van der Waals surface area contributed by atoms with Crippen molar-refractivity contribution in [3.05, 3.63) is 18.0 Å². The Morgan fingerprint density at radius 2 is 1.92 bits per heavy atom. The summed E-state index contributed by atoms with van der Waals surface area (Å²) in [6.07, 6.45) is 5.15. The van der Waals surface area contributed by atoms with Crippen LogP contribution in [0.25, 0.3) is 0 Å². The summed E-state index contributed by atoms with van der Waals surface area (Å²) < 4.78 is 0. The fourth-order valence-electron chi connectivity index (χ4n) is 3.97. The highest BCUT2D eigenvalue weighted by Gasteiger charge is 2.32. The zero-order chi connectivity index (χ0) is 16.4. The zero-order valence-electron chi connectivity index (χ0n) is 14.2. The molecule has 0 saturated carbocycles. The molecule has 0 radical (unpaired) electrons. The maximum atomic E-state index is 12.8. The molecule has 1 unspecified atom stereocenters. The Hall–Kier alpha value is -1.73. The summed E-state index contributed by atoms with van der Waals surface area (Å²) in [6.45, 7) is 7.90. The van der Waals surface area contributed by atoms with E-state index in [0.29, 0.717) is 17.7 Å². The van der Waals surface area contributed by atoms with Gasteiger partial charge >= 0.3 is 0 Å². The average Bonchev–Trinajstić information content (AvgIpc) is 3.34. The number of amides is 1. The standard InChI is InChI=1S/C17H26N6O/c24-16(15-3-5-19-17(20-15)22-8-1-2-9-22)23-10-4-14(13-23)21-11-6-18-7-12-21/h3,5,14,18H,1-2,4,6-13H2. The van der Waals surface area contributed by atoms with Crippen molar-refractivity contribution in [3.63, 3.8) is 0 Å². The van der Waals surface area contributed by atoms with Crippen LogP contribution in [0, 0.1) is 0 Å². The fourth-order valence-corrected chi connectivity index (χ4v) is 3.97. The van der Waals surface area contributed by atoms with Gasteiger partial charge in [-0.25, -0.2) is 9.97 Å². The number of anilines is 1. The number of aromatic nitrogens is 2. The van der Waals surface area contributed by atoms with E-state index in [4.69, 9.17) is 0 Å². The van der Waals surface area contributed by atoms with E-state index in [0.717, 1.165) is 58.8 Å². The topological polar surface area (TPSA) is 64.6 Å². The minimum atomic E-state index is 0.0514. The van der Waals surface area contributed by atoms with Gasteiger partial charge in [-0.3, -0.25) is 9.69 Å². The van der Waals surface area contributed by atoms with Gasteiger partial charge in [0.1, 0.15) is 5.69 Å². The number of carbonyl (C=O) groups excluding carboxylic acids is 1. The fraction of sp³-hybridized carbons (Fsp3) is 0.706. The molecule has 3 saturated heterocycles. The van der Waals surface area contributed by atoms with E-state index in [2.05, 4.69) is 25.1 Å². The minimum Gasteiger partial charge on any atom is -0.341 e. The lowest BCUT2D eigenvalue weighted by Gasteiger charge is -2.32. The molecule has 3 aliphatic rings. The van der Waals surface area contributed by atoms with Crippen molar-refractivity contribution >= 4 is 11.9 Å². The largest absolute Gasteiger partial charge is 0.341 e. The van der Waals surface area contributed by atoms with Crippen LogP contribution in [0.2, 0.25) is 0 Å². The first-order chi connectivity index (χ1) is 11.8. The first kappa shape index (κ1) is 15.8. The second-order valence-corrected chi connectivity index (χ2v) is 6.92. The van der Waals surface area contributed by atoms with Crippen LogP contribution in [0.1, 0.15) is 29.8 Å². The SMILES string of the molecule is O=C(c1ccnc(N2CCCC2)n1)N1CCC(N2CCNCC2)C1. The van der Waals surface area contributed by atoms with Crippen molar-refractivity contribution < 1.29 is 4.79 Å². The molecule has 1 aromatic rings. The van der Waals surface area contributed by atoms with Crippen molar-refractivity contribution in [1.29, 1.82) is 0 Å². The third-order valence-corrected chi connectivity index (χ3v) is 5.37. The molecule has 7 heteroatoms. The van der Waals surface area contributed by atoms with Gasteiger partial charge in [0, 0.05) is 64.6 Å². The Labute approximate surface area is 143 Å². The molecule has 3 aliphatic heterocycles. The molecular weight excluding hydrogens is 304 g/mol. The first-order valence-electron chi connectivity index (χ1n) is 9.13. The molecule has 24 heavy (non-hydrogen) atoms. The lowest BCUT2D eigenvalue weighted by Crippen LogP contribution is -2.49. The maximum Gasteiger partial charge on any atom is 0.272 e. The maximum absolute atomic E-state index is 12.8. The monoisotopic (exact) mass is 330 g/mol. The van der Waals surface area contributed by atoms with Crippen molar-refractivity contribution in [1.82, 2.24) is 25.1 Å². The molecule has 1 amide bonds. The van der Waals surface area contributed by atoms with Gasteiger partial charge in [-0.1, -0.05) is 0 Å². The molecule has 0 aromatic carbocycles. The molecule has 1 atom stereocenters. The molecule has 3 fully saturated rings. The molecule has 4 heterocycles. The molecule has 130 valence electrons. The molecule has 7 nitrogen and oxygen atoms in total. The molecule has 1 N–H and O–H groups in total. The van der Waals surface area contributed by atoms with E-state index in [1.807, 2.05) is 4.90 Å². The van der Waals surface area contributed by atoms with Gasteiger partial charge in [-0.2, -0.15) is 0 Å². The summed E-state index contributed by atoms with van der Waals surface area (Å²) in [7, 11) is 0. The quantitative estimate of drug-likeness (QED) is 0.854. The highest BCUT2D eigenvalue weighted by Crippen LogP contribution is 2.20. The van der Waals surface area contributed by atoms with E-state index in [9.17, 15) is 4.79 Å². The van der Waals surface area contributed by atoms with Crippen LogP contribution in [0.15, 0.2) is 12.3 Å². The molecule has 0 bridgehead atoms. The van der Waals surface area contributed by atoms with Gasteiger partial charge in [0.15, 0.2) is 0 Å².